The van der Waals surface area contributed by atoms with Crippen molar-refractivity contribution in [2.45, 2.75) is 26.7 Å². The molecule has 1 N–H and O–H groups in total. The number of amides is 2. The molecule has 0 fully saturated rings. The number of hydrogen-bond donors (Lipinski definition) is 1. The van der Waals surface area contributed by atoms with Gasteiger partial charge in [0.15, 0.2) is 0 Å². The van der Waals surface area contributed by atoms with Crippen molar-refractivity contribution in [3.05, 3.63) is 59.7 Å². The fraction of sp³-hybridized carbons (Fsp3) is 0.286. The second kappa shape index (κ2) is 8.98. The van der Waals surface area contributed by atoms with Crippen LogP contribution in [0.25, 0.3) is 0 Å². The Bertz CT molecular complexity index is 846. The minimum Gasteiger partial charge on any atom is -0.465 e. The van der Waals surface area contributed by atoms with Crippen molar-refractivity contribution < 1.29 is 19.1 Å². The molecule has 0 saturated carbocycles. The largest absolute Gasteiger partial charge is 0.465 e. The predicted octanol–water partition coefficient (Wildman–Crippen LogP) is 3.59. The molecule has 0 atom stereocenters. The van der Waals surface area contributed by atoms with E-state index >= 15 is 0 Å². The van der Waals surface area contributed by atoms with Crippen molar-refractivity contribution in [3.8, 4) is 0 Å². The van der Waals surface area contributed by atoms with E-state index in [1.807, 2.05) is 38.1 Å². The van der Waals surface area contributed by atoms with Crippen LogP contribution in [0, 0.1) is 0 Å². The van der Waals surface area contributed by atoms with E-state index in [1.165, 1.54) is 18.9 Å². The number of methoxy groups -OCH3 is 1. The Hall–Kier alpha value is -3.15. The van der Waals surface area contributed by atoms with Crippen LogP contribution in [0.2, 0.25) is 0 Å². The minimum absolute atomic E-state index is 0.213. The Morgan fingerprint density at radius 3 is 2.30 bits per heavy atom. The van der Waals surface area contributed by atoms with Gasteiger partial charge in [0.25, 0.3) is 0 Å². The van der Waals surface area contributed by atoms with Crippen molar-refractivity contribution in [1.82, 2.24) is 0 Å². The number of anilines is 2. The number of nitrogens with one attached hydrogen (secondary N) is 1. The second-order valence-electron chi connectivity index (χ2n) is 6.40. The molecule has 0 spiro atoms. The minimum atomic E-state index is -0.567. The van der Waals surface area contributed by atoms with E-state index in [9.17, 15) is 14.4 Å². The number of carbonyl (C=O) groups is 3. The Labute approximate surface area is 159 Å². The van der Waals surface area contributed by atoms with Gasteiger partial charge < -0.3 is 15.0 Å². The first-order valence-corrected chi connectivity index (χ1v) is 8.69. The maximum absolute atomic E-state index is 12.6. The fourth-order valence-electron chi connectivity index (χ4n) is 2.81. The van der Waals surface area contributed by atoms with E-state index in [2.05, 4.69) is 5.32 Å². The summed E-state index contributed by atoms with van der Waals surface area (Å²) >= 11 is 0. The average Bonchev–Trinajstić information content (AvgIpc) is 2.65. The maximum atomic E-state index is 12.6. The zero-order chi connectivity index (χ0) is 20.0. The normalized spacial score (nSPS) is 10.4. The highest BCUT2D eigenvalue weighted by molar-refractivity contribution is 6.06. The number of esters is 1. The number of hydrogen-bond acceptors (Lipinski definition) is 4. The summed E-state index contributed by atoms with van der Waals surface area (Å²) in [5, 5.41) is 2.86. The van der Waals surface area contributed by atoms with Crippen LogP contribution in [-0.2, 0) is 14.3 Å². The van der Waals surface area contributed by atoms with Gasteiger partial charge in [-0.15, -0.1) is 0 Å². The number of rotatable bonds is 6. The zero-order valence-corrected chi connectivity index (χ0v) is 16.0. The van der Waals surface area contributed by atoms with Gasteiger partial charge in [-0.25, -0.2) is 4.79 Å². The number of benzene rings is 2. The van der Waals surface area contributed by atoms with Crippen LogP contribution in [0.1, 0.15) is 42.6 Å². The molecular weight excluding hydrogens is 344 g/mol. The summed E-state index contributed by atoms with van der Waals surface area (Å²) in [7, 11) is 1.27. The lowest BCUT2D eigenvalue weighted by atomic mass is 10.0. The highest BCUT2D eigenvalue weighted by Crippen LogP contribution is 2.25. The number of ether oxygens (including phenoxy) is 1. The van der Waals surface area contributed by atoms with Crippen LogP contribution >= 0.6 is 0 Å². The molecule has 142 valence electrons. The molecule has 6 nitrogen and oxygen atoms in total. The van der Waals surface area contributed by atoms with Crippen LogP contribution < -0.4 is 10.2 Å². The van der Waals surface area contributed by atoms with Gasteiger partial charge in [0.1, 0.15) is 6.54 Å². The molecule has 0 aliphatic heterocycles. The standard InChI is InChI=1S/C21H24N2O4/c1-14(2)16-9-5-7-11-18(16)22-20(25)13-23(15(3)24)19-12-8-6-10-17(19)21(26)27-4/h5-12,14H,13H2,1-4H3,(H,22,25). The van der Waals surface area contributed by atoms with Crippen LogP contribution in [0.15, 0.2) is 48.5 Å². The quantitative estimate of drug-likeness (QED) is 0.791. The molecule has 27 heavy (non-hydrogen) atoms. The van der Waals surface area contributed by atoms with E-state index in [0.29, 0.717) is 11.4 Å². The highest BCUT2D eigenvalue weighted by Gasteiger charge is 2.22. The van der Waals surface area contributed by atoms with Crippen molar-refractivity contribution in [2.75, 3.05) is 23.9 Å². The van der Waals surface area contributed by atoms with Crippen LogP contribution in [0.4, 0.5) is 11.4 Å². The number of nitrogens with zero attached hydrogens (tertiary/aromatic N) is 1. The predicted molar refractivity (Wildman–Crippen MR) is 105 cm³/mol. The Morgan fingerprint density at radius 2 is 1.67 bits per heavy atom. The average molecular weight is 368 g/mol. The van der Waals surface area contributed by atoms with Gasteiger partial charge in [0, 0.05) is 12.6 Å². The van der Waals surface area contributed by atoms with Crippen LogP contribution in [0.5, 0.6) is 0 Å². The summed E-state index contributed by atoms with van der Waals surface area (Å²) in [5.74, 6) is -1.02. The number of carbonyl (C=O) groups excluding carboxylic acids is 3. The molecule has 0 radical (unpaired) electrons. The molecular formula is C21H24N2O4. The summed E-state index contributed by atoms with van der Waals surface area (Å²) in [5.41, 5.74) is 2.28. The van der Waals surface area contributed by atoms with E-state index in [1.54, 1.807) is 24.3 Å². The lowest BCUT2D eigenvalue weighted by Gasteiger charge is -2.23. The molecule has 2 amide bonds. The summed E-state index contributed by atoms with van der Waals surface area (Å²) in [6.07, 6.45) is 0. The molecule has 6 heteroatoms. The first kappa shape index (κ1) is 20.2. The van der Waals surface area contributed by atoms with E-state index in [4.69, 9.17) is 4.74 Å². The summed E-state index contributed by atoms with van der Waals surface area (Å²) in [4.78, 5) is 38.0. The Morgan fingerprint density at radius 1 is 1.04 bits per heavy atom. The van der Waals surface area contributed by atoms with Gasteiger partial charge in [-0.05, 0) is 29.7 Å². The molecule has 2 aromatic rings. The van der Waals surface area contributed by atoms with Gasteiger partial charge in [-0.1, -0.05) is 44.2 Å². The topological polar surface area (TPSA) is 75.7 Å². The SMILES string of the molecule is COC(=O)c1ccccc1N(CC(=O)Nc1ccccc1C(C)C)C(C)=O. The van der Waals surface area contributed by atoms with E-state index in [-0.39, 0.29) is 29.8 Å². The lowest BCUT2D eigenvalue weighted by Crippen LogP contribution is -2.37. The summed E-state index contributed by atoms with van der Waals surface area (Å²) in [6, 6.07) is 14.1. The molecule has 0 unspecified atom stereocenters. The van der Waals surface area contributed by atoms with Gasteiger partial charge in [0.2, 0.25) is 11.8 Å². The van der Waals surface area contributed by atoms with E-state index < -0.39 is 5.97 Å². The van der Waals surface area contributed by atoms with Gasteiger partial charge >= 0.3 is 5.97 Å². The van der Waals surface area contributed by atoms with Gasteiger partial charge in [0.05, 0.1) is 18.4 Å². The highest BCUT2D eigenvalue weighted by atomic mass is 16.5. The molecule has 0 aliphatic rings. The van der Waals surface area contributed by atoms with E-state index in [0.717, 1.165) is 5.56 Å². The lowest BCUT2D eigenvalue weighted by molar-refractivity contribution is -0.120. The Balaban J connectivity index is 2.27. The molecule has 0 saturated heterocycles. The fourth-order valence-corrected chi connectivity index (χ4v) is 2.81. The first-order valence-electron chi connectivity index (χ1n) is 8.69. The van der Waals surface area contributed by atoms with Crippen molar-refractivity contribution >= 4 is 29.2 Å². The van der Waals surface area contributed by atoms with Crippen LogP contribution in [0.3, 0.4) is 0 Å². The number of para-hydroxylation sites is 2. The molecule has 0 heterocycles. The summed E-state index contributed by atoms with van der Waals surface area (Å²) in [6.45, 7) is 5.22. The smallest absolute Gasteiger partial charge is 0.339 e. The van der Waals surface area contributed by atoms with Crippen molar-refractivity contribution in [2.24, 2.45) is 0 Å². The molecule has 2 rings (SSSR count). The van der Waals surface area contributed by atoms with Crippen molar-refractivity contribution in [1.29, 1.82) is 0 Å². The molecule has 0 aliphatic carbocycles. The third-order valence-electron chi connectivity index (χ3n) is 4.14. The van der Waals surface area contributed by atoms with Crippen LogP contribution in [-0.4, -0.2) is 31.4 Å². The molecule has 0 aromatic heterocycles. The zero-order valence-electron chi connectivity index (χ0n) is 16.0. The molecule has 0 bridgehead atoms. The molecule has 2 aromatic carbocycles. The first-order chi connectivity index (χ1) is 12.8. The summed E-state index contributed by atoms with van der Waals surface area (Å²) < 4.78 is 4.77. The monoisotopic (exact) mass is 368 g/mol. The Kier molecular flexibility index (Phi) is 6.71. The maximum Gasteiger partial charge on any atom is 0.339 e. The second-order valence-corrected chi connectivity index (χ2v) is 6.40. The van der Waals surface area contributed by atoms with Gasteiger partial charge in [-0.3, -0.25) is 9.59 Å². The third-order valence-corrected chi connectivity index (χ3v) is 4.14. The van der Waals surface area contributed by atoms with Gasteiger partial charge in [-0.2, -0.15) is 0 Å². The van der Waals surface area contributed by atoms with Crippen molar-refractivity contribution in [3.63, 3.8) is 0 Å². The third kappa shape index (κ3) is 4.94.